The van der Waals surface area contributed by atoms with Gasteiger partial charge in [0.25, 0.3) is 0 Å². The number of halogens is 1. The van der Waals surface area contributed by atoms with Gasteiger partial charge in [-0.3, -0.25) is 4.79 Å². The van der Waals surface area contributed by atoms with Crippen molar-refractivity contribution >= 4 is 5.97 Å². The van der Waals surface area contributed by atoms with Crippen LogP contribution in [0.25, 0.3) is 11.1 Å². The Labute approximate surface area is 210 Å². The summed E-state index contributed by atoms with van der Waals surface area (Å²) in [6.07, 6.45) is 4.41. The lowest BCUT2D eigenvalue weighted by atomic mass is 9.95. The molecule has 1 fully saturated rings. The van der Waals surface area contributed by atoms with Crippen LogP contribution in [0.15, 0.2) is 54.6 Å². The number of unbranched alkanes of at least 4 members (excludes halogenated alkanes) is 1. The number of carboxylic acids is 1. The van der Waals surface area contributed by atoms with Crippen LogP contribution in [0.3, 0.4) is 0 Å². The van der Waals surface area contributed by atoms with Crippen molar-refractivity contribution in [3.63, 3.8) is 0 Å². The molecule has 1 unspecified atom stereocenters. The molecule has 3 aromatic carbocycles. The molecule has 6 heteroatoms. The minimum atomic E-state index is -0.711. The summed E-state index contributed by atoms with van der Waals surface area (Å²) in [6.45, 7) is 2.95. The van der Waals surface area contributed by atoms with Crippen LogP contribution < -0.4 is 14.2 Å². The van der Waals surface area contributed by atoms with Crippen molar-refractivity contribution in [2.75, 3.05) is 13.7 Å². The van der Waals surface area contributed by atoms with Crippen LogP contribution in [0.1, 0.15) is 49.3 Å². The predicted molar refractivity (Wildman–Crippen MR) is 135 cm³/mol. The summed E-state index contributed by atoms with van der Waals surface area (Å²) in [4.78, 5) is 11.6. The van der Waals surface area contributed by atoms with E-state index in [9.17, 15) is 14.3 Å². The fourth-order valence-corrected chi connectivity index (χ4v) is 5.35. The monoisotopic (exact) mass is 490 g/mol. The lowest BCUT2D eigenvalue weighted by Crippen LogP contribution is -2.11. The maximum atomic E-state index is 14.7. The third-order valence-corrected chi connectivity index (χ3v) is 7.50. The summed E-state index contributed by atoms with van der Waals surface area (Å²) >= 11 is 0. The van der Waals surface area contributed by atoms with Crippen LogP contribution in [0, 0.1) is 11.7 Å². The quantitative estimate of drug-likeness (QED) is 0.327. The number of hydrogen-bond acceptors (Lipinski definition) is 4. The van der Waals surface area contributed by atoms with Crippen molar-refractivity contribution < 1.29 is 28.5 Å². The molecule has 0 aromatic heterocycles. The van der Waals surface area contributed by atoms with E-state index < -0.39 is 5.97 Å². The van der Waals surface area contributed by atoms with E-state index in [4.69, 9.17) is 14.2 Å². The van der Waals surface area contributed by atoms with E-state index >= 15 is 0 Å². The van der Waals surface area contributed by atoms with Crippen LogP contribution in [-0.2, 0) is 23.2 Å². The summed E-state index contributed by atoms with van der Waals surface area (Å²) < 4.78 is 32.2. The zero-order valence-electron chi connectivity index (χ0n) is 20.7. The molecule has 0 heterocycles. The number of carboxylic acid groups (broad SMARTS) is 1. The average Bonchev–Trinajstić information content (AvgIpc) is 3.53. The highest BCUT2D eigenvalue weighted by molar-refractivity contribution is 5.78. The van der Waals surface area contributed by atoms with E-state index in [2.05, 4.69) is 13.0 Å². The van der Waals surface area contributed by atoms with E-state index in [1.165, 1.54) is 11.6 Å². The van der Waals surface area contributed by atoms with Crippen LogP contribution >= 0.6 is 0 Å². The van der Waals surface area contributed by atoms with E-state index in [1.54, 1.807) is 19.2 Å². The summed E-state index contributed by atoms with van der Waals surface area (Å²) in [5, 5.41) is 9.51. The van der Waals surface area contributed by atoms with Gasteiger partial charge in [0.2, 0.25) is 0 Å². The van der Waals surface area contributed by atoms with E-state index in [-0.39, 0.29) is 17.2 Å². The smallest absolute Gasteiger partial charge is 0.307 e. The highest BCUT2D eigenvalue weighted by Gasteiger charge is 2.61. The Morgan fingerprint density at radius 2 is 1.89 bits per heavy atom. The Hall–Kier alpha value is -3.54. The number of carbonyl (C=O) groups is 1. The van der Waals surface area contributed by atoms with Gasteiger partial charge in [0.05, 0.1) is 19.6 Å². The Morgan fingerprint density at radius 3 is 2.64 bits per heavy atom. The standard InChI is InChI=1S/C30H31FO5/c1-3-4-13-35-28-14-19(5-9-23(28)24-15-21(34-2)8-10-27(24)31)18-36-22-7-6-20-11-12-30(25(20)16-22)17-26(30)29(32)33/h5-10,14-16,26H,3-4,11-13,17-18H2,1-2H3,(H,32,33)/t26-,30?/m0/s1. The normalized spacial score (nSPS) is 19.7. The third kappa shape index (κ3) is 4.52. The first-order valence-corrected chi connectivity index (χ1v) is 12.5. The molecular formula is C30H31FO5. The molecule has 0 radical (unpaired) electrons. The molecule has 36 heavy (non-hydrogen) atoms. The van der Waals surface area contributed by atoms with Crippen molar-refractivity contribution in [3.05, 3.63) is 77.1 Å². The van der Waals surface area contributed by atoms with Gasteiger partial charge in [0.15, 0.2) is 0 Å². The van der Waals surface area contributed by atoms with Gasteiger partial charge in [0, 0.05) is 16.5 Å². The zero-order valence-corrected chi connectivity index (χ0v) is 20.7. The first-order chi connectivity index (χ1) is 17.4. The Kier molecular flexibility index (Phi) is 6.61. The maximum Gasteiger partial charge on any atom is 0.307 e. The molecule has 0 amide bonds. The number of methoxy groups -OCH3 is 1. The van der Waals surface area contributed by atoms with Crippen molar-refractivity contribution in [3.8, 4) is 28.4 Å². The van der Waals surface area contributed by atoms with Gasteiger partial charge in [-0.15, -0.1) is 0 Å². The summed E-state index contributed by atoms with van der Waals surface area (Å²) in [7, 11) is 1.56. The Morgan fingerprint density at radius 1 is 1.06 bits per heavy atom. The summed E-state index contributed by atoms with van der Waals surface area (Å²) in [5.74, 6) is 0.563. The molecule has 0 saturated heterocycles. The molecular weight excluding hydrogens is 459 g/mol. The molecule has 1 saturated carbocycles. The van der Waals surface area contributed by atoms with Crippen molar-refractivity contribution in [1.82, 2.24) is 0 Å². The van der Waals surface area contributed by atoms with Crippen molar-refractivity contribution in [2.45, 2.75) is 51.0 Å². The van der Waals surface area contributed by atoms with Crippen LogP contribution in [0.2, 0.25) is 0 Å². The second kappa shape index (κ2) is 9.84. The van der Waals surface area contributed by atoms with E-state index in [0.717, 1.165) is 42.6 Å². The lowest BCUT2D eigenvalue weighted by molar-refractivity contribution is -0.139. The Bertz CT molecular complexity index is 1290. The van der Waals surface area contributed by atoms with Gasteiger partial charge < -0.3 is 19.3 Å². The number of hydrogen-bond donors (Lipinski definition) is 1. The second-order valence-electron chi connectivity index (χ2n) is 9.74. The first kappa shape index (κ1) is 24.2. The average molecular weight is 491 g/mol. The molecule has 2 atom stereocenters. The molecule has 5 rings (SSSR count). The molecule has 1 N–H and O–H groups in total. The van der Waals surface area contributed by atoms with E-state index in [1.807, 2.05) is 30.3 Å². The highest BCUT2D eigenvalue weighted by Crippen LogP contribution is 2.62. The van der Waals surface area contributed by atoms with Gasteiger partial charge in [-0.2, -0.15) is 0 Å². The van der Waals surface area contributed by atoms with Crippen LogP contribution in [0.5, 0.6) is 17.2 Å². The van der Waals surface area contributed by atoms with Crippen LogP contribution in [0.4, 0.5) is 4.39 Å². The Balaban J connectivity index is 1.37. The SMILES string of the molecule is CCCCOc1cc(COc2ccc3c(c2)C2(CC3)C[C@H]2C(=O)O)ccc1-c1cc(OC)ccc1F. The van der Waals surface area contributed by atoms with Gasteiger partial charge >= 0.3 is 5.97 Å². The molecule has 3 aromatic rings. The molecule has 0 aliphatic heterocycles. The van der Waals surface area contributed by atoms with Crippen molar-refractivity contribution in [1.29, 1.82) is 0 Å². The molecule has 5 nitrogen and oxygen atoms in total. The largest absolute Gasteiger partial charge is 0.497 e. The number of benzene rings is 3. The minimum absolute atomic E-state index is 0.219. The van der Waals surface area contributed by atoms with Gasteiger partial charge in [-0.1, -0.05) is 31.5 Å². The zero-order chi connectivity index (χ0) is 25.3. The minimum Gasteiger partial charge on any atom is -0.497 e. The molecule has 0 bridgehead atoms. The fraction of sp³-hybridized carbons (Fsp3) is 0.367. The molecule has 1 spiro atoms. The van der Waals surface area contributed by atoms with Crippen LogP contribution in [-0.4, -0.2) is 24.8 Å². The third-order valence-electron chi connectivity index (χ3n) is 7.50. The summed E-state index contributed by atoms with van der Waals surface area (Å²) in [6, 6.07) is 16.4. The highest BCUT2D eigenvalue weighted by atomic mass is 19.1. The molecule has 188 valence electrons. The van der Waals surface area contributed by atoms with Gasteiger partial charge in [0.1, 0.15) is 29.7 Å². The van der Waals surface area contributed by atoms with Crippen molar-refractivity contribution in [2.24, 2.45) is 5.92 Å². The maximum absolute atomic E-state index is 14.7. The molecule has 2 aliphatic carbocycles. The number of ether oxygens (including phenoxy) is 3. The van der Waals surface area contributed by atoms with Gasteiger partial charge in [-0.05, 0) is 78.8 Å². The van der Waals surface area contributed by atoms with Gasteiger partial charge in [-0.25, -0.2) is 4.39 Å². The number of aryl methyl sites for hydroxylation is 1. The lowest BCUT2D eigenvalue weighted by Gasteiger charge is -2.16. The summed E-state index contributed by atoms with van der Waals surface area (Å²) in [5.41, 5.74) is 4.12. The topological polar surface area (TPSA) is 65.0 Å². The first-order valence-electron chi connectivity index (χ1n) is 12.5. The number of fused-ring (bicyclic) bond motifs is 2. The van der Waals surface area contributed by atoms with E-state index in [0.29, 0.717) is 42.3 Å². The predicted octanol–water partition coefficient (Wildman–Crippen LogP) is 6.55. The second-order valence-corrected chi connectivity index (χ2v) is 9.74. The number of aliphatic carboxylic acids is 1. The number of rotatable bonds is 10. The molecule has 2 aliphatic rings. The fourth-order valence-electron chi connectivity index (χ4n) is 5.35.